The highest BCUT2D eigenvalue weighted by atomic mass is 19.1. The fourth-order valence-corrected chi connectivity index (χ4v) is 3.94. The van der Waals surface area contributed by atoms with E-state index in [1.54, 1.807) is 24.4 Å². The van der Waals surface area contributed by atoms with Gasteiger partial charge >= 0.3 is 0 Å². The summed E-state index contributed by atoms with van der Waals surface area (Å²) in [6.45, 7) is 4.46. The number of nitrogens with one attached hydrogen (secondary N) is 1. The monoisotopic (exact) mass is 471 g/mol. The second-order valence-electron chi connectivity index (χ2n) is 8.45. The Hall–Kier alpha value is -4.33. The number of anilines is 1. The van der Waals surface area contributed by atoms with Gasteiger partial charge in [-0.1, -0.05) is 24.3 Å². The van der Waals surface area contributed by atoms with E-state index in [2.05, 4.69) is 15.3 Å². The second-order valence-corrected chi connectivity index (χ2v) is 8.45. The number of nitrogens with zero attached hydrogens (tertiary/aromatic N) is 3. The van der Waals surface area contributed by atoms with Crippen molar-refractivity contribution in [1.82, 2.24) is 19.9 Å². The minimum Gasteiger partial charge on any atom is -0.384 e. The van der Waals surface area contributed by atoms with Gasteiger partial charge in [-0.2, -0.15) is 0 Å². The Morgan fingerprint density at radius 1 is 1.06 bits per heavy atom. The minimum atomic E-state index is -0.452. The fraction of sp³-hybridized carbons (Fsp3) is 0.185. The van der Waals surface area contributed by atoms with Gasteiger partial charge in [0.1, 0.15) is 11.6 Å². The van der Waals surface area contributed by atoms with Gasteiger partial charge < -0.3 is 15.6 Å². The molecule has 0 aliphatic rings. The van der Waals surface area contributed by atoms with Crippen LogP contribution in [0.1, 0.15) is 44.0 Å². The highest BCUT2D eigenvalue weighted by Gasteiger charge is 2.11. The summed E-state index contributed by atoms with van der Waals surface area (Å²) in [4.78, 5) is 33.3. The number of amides is 1. The first-order valence-electron chi connectivity index (χ1n) is 11.2. The summed E-state index contributed by atoms with van der Waals surface area (Å²) in [5, 5.41) is 2.94. The van der Waals surface area contributed by atoms with E-state index < -0.39 is 5.82 Å². The van der Waals surface area contributed by atoms with Gasteiger partial charge in [0, 0.05) is 48.4 Å². The number of hydrogen-bond donors (Lipinski definition) is 2. The van der Waals surface area contributed by atoms with Crippen molar-refractivity contribution < 1.29 is 9.18 Å². The average Bonchev–Trinajstić information content (AvgIpc) is 2.82. The first-order chi connectivity index (χ1) is 16.8. The van der Waals surface area contributed by atoms with Crippen LogP contribution in [0.25, 0.3) is 0 Å². The predicted octanol–water partition coefficient (Wildman–Crippen LogP) is 3.55. The maximum atomic E-state index is 13.4. The lowest BCUT2D eigenvalue weighted by molar-refractivity contribution is 0.0950. The Kier molecular flexibility index (Phi) is 7.01. The summed E-state index contributed by atoms with van der Waals surface area (Å²) < 4.78 is 14.8. The van der Waals surface area contributed by atoms with Crippen molar-refractivity contribution in [2.45, 2.75) is 33.4 Å². The van der Waals surface area contributed by atoms with E-state index in [0.29, 0.717) is 24.3 Å². The van der Waals surface area contributed by atoms with E-state index in [0.717, 1.165) is 39.7 Å². The third-order valence-electron chi connectivity index (χ3n) is 5.79. The van der Waals surface area contributed by atoms with Crippen LogP contribution in [-0.2, 0) is 19.5 Å². The Morgan fingerprint density at radius 2 is 1.80 bits per heavy atom. The van der Waals surface area contributed by atoms with Gasteiger partial charge in [0.25, 0.3) is 11.5 Å². The number of nitrogens with two attached hydrogens (primary N) is 1. The molecular weight excluding hydrogens is 445 g/mol. The lowest BCUT2D eigenvalue weighted by atomic mass is 10.1. The van der Waals surface area contributed by atoms with Crippen molar-refractivity contribution in [3.05, 3.63) is 122 Å². The van der Waals surface area contributed by atoms with Crippen molar-refractivity contribution in [2.75, 3.05) is 5.73 Å². The van der Waals surface area contributed by atoms with Crippen LogP contribution in [0.15, 0.2) is 71.8 Å². The molecule has 3 heterocycles. The van der Waals surface area contributed by atoms with Crippen LogP contribution >= 0.6 is 0 Å². The van der Waals surface area contributed by atoms with Crippen LogP contribution in [-0.4, -0.2) is 20.4 Å². The highest BCUT2D eigenvalue weighted by Crippen LogP contribution is 2.15. The molecule has 3 aromatic heterocycles. The molecule has 0 saturated heterocycles. The third-order valence-corrected chi connectivity index (χ3v) is 5.79. The summed E-state index contributed by atoms with van der Waals surface area (Å²) in [5.74, 6) is -0.184. The SMILES string of the molecule is Cc1cc(N)nc(C)c1CNC(=O)c1ccnc(Cc2ccc(Cn3cc(F)ccc3=O)cc2)c1. The lowest BCUT2D eigenvalue weighted by Gasteiger charge is -2.12. The minimum absolute atomic E-state index is 0.194. The molecule has 0 fully saturated rings. The smallest absolute Gasteiger partial charge is 0.251 e. The Balaban J connectivity index is 1.40. The first-order valence-corrected chi connectivity index (χ1v) is 11.2. The molecule has 0 bridgehead atoms. The van der Waals surface area contributed by atoms with Crippen molar-refractivity contribution in [2.24, 2.45) is 0 Å². The van der Waals surface area contributed by atoms with Crippen LogP contribution in [0.3, 0.4) is 0 Å². The van der Waals surface area contributed by atoms with Crippen molar-refractivity contribution in [3.8, 4) is 0 Å². The summed E-state index contributed by atoms with van der Waals surface area (Å²) in [5.41, 5.74) is 11.4. The molecule has 0 aliphatic carbocycles. The number of carbonyl (C=O) groups is 1. The number of halogens is 1. The molecule has 0 unspecified atom stereocenters. The molecule has 8 heteroatoms. The van der Waals surface area contributed by atoms with Crippen LogP contribution in [0, 0.1) is 19.7 Å². The summed E-state index contributed by atoms with van der Waals surface area (Å²) >= 11 is 0. The number of pyridine rings is 3. The van der Waals surface area contributed by atoms with Crippen LogP contribution in [0.5, 0.6) is 0 Å². The number of nitrogen functional groups attached to an aromatic ring is 1. The zero-order chi connectivity index (χ0) is 24.9. The molecule has 0 atom stereocenters. The van der Waals surface area contributed by atoms with E-state index in [4.69, 9.17) is 5.73 Å². The van der Waals surface area contributed by atoms with E-state index >= 15 is 0 Å². The number of hydrogen-bond acceptors (Lipinski definition) is 5. The van der Waals surface area contributed by atoms with Gasteiger partial charge in [0.2, 0.25) is 0 Å². The predicted molar refractivity (Wildman–Crippen MR) is 133 cm³/mol. The Morgan fingerprint density at radius 3 is 2.54 bits per heavy atom. The van der Waals surface area contributed by atoms with E-state index in [9.17, 15) is 14.0 Å². The number of carbonyl (C=O) groups excluding carboxylic acids is 1. The topological polar surface area (TPSA) is 103 Å². The average molecular weight is 472 g/mol. The van der Waals surface area contributed by atoms with Gasteiger partial charge in [-0.25, -0.2) is 9.37 Å². The molecule has 1 aromatic carbocycles. The van der Waals surface area contributed by atoms with Crippen molar-refractivity contribution in [1.29, 1.82) is 0 Å². The van der Waals surface area contributed by atoms with Gasteiger partial charge in [0.15, 0.2) is 0 Å². The standard InChI is InChI=1S/C27H26FN5O2/c1-17-11-25(29)32-18(2)24(17)14-31-27(35)21-9-10-30-23(13-21)12-19-3-5-20(6-4-19)15-33-16-22(28)7-8-26(33)34/h3-11,13,16H,12,14-15H2,1-2H3,(H2,29,32)(H,31,35). The van der Waals surface area contributed by atoms with E-state index in [-0.39, 0.29) is 18.0 Å². The van der Waals surface area contributed by atoms with Gasteiger partial charge in [-0.15, -0.1) is 0 Å². The molecule has 1 amide bonds. The van der Waals surface area contributed by atoms with Crippen LogP contribution < -0.4 is 16.6 Å². The summed E-state index contributed by atoms with van der Waals surface area (Å²) in [6.07, 6.45) is 3.36. The second kappa shape index (κ2) is 10.3. The molecule has 0 aliphatic heterocycles. The van der Waals surface area contributed by atoms with Crippen molar-refractivity contribution >= 4 is 11.7 Å². The molecule has 7 nitrogen and oxygen atoms in total. The summed E-state index contributed by atoms with van der Waals surface area (Å²) in [6, 6.07) is 15.3. The number of benzene rings is 1. The zero-order valence-corrected chi connectivity index (χ0v) is 19.6. The molecule has 4 aromatic rings. The van der Waals surface area contributed by atoms with Crippen molar-refractivity contribution in [3.63, 3.8) is 0 Å². The number of rotatable bonds is 7. The fourth-order valence-electron chi connectivity index (χ4n) is 3.94. The molecular formula is C27H26FN5O2. The molecule has 35 heavy (non-hydrogen) atoms. The first kappa shape index (κ1) is 23.8. The number of aromatic nitrogens is 3. The highest BCUT2D eigenvalue weighted by molar-refractivity contribution is 5.94. The largest absolute Gasteiger partial charge is 0.384 e. The Bertz CT molecular complexity index is 1410. The zero-order valence-electron chi connectivity index (χ0n) is 19.6. The van der Waals surface area contributed by atoms with Crippen LogP contribution in [0.2, 0.25) is 0 Å². The quantitative estimate of drug-likeness (QED) is 0.429. The van der Waals surface area contributed by atoms with Gasteiger partial charge in [0.05, 0.1) is 6.54 Å². The van der Waals surface area contributed by atoms with E-state index in [1.165, 1.54) is 16.8 Å². The molecule has 4 rings (SSSR count). The Labute approximate surface area is 202 Å². The van der Waals surface area contributed by atoms with Gasteiger partial charge in [-0.05, 0) is 60.4 Å². The van der Waals surface area contributed by atoms with Crippen LogP contribution in [0.4, 0.5) is 10.2 Å². The molecule has 0 saturated carbocycles. The molecule has 3 N–H and O–H groups in total. The normalized spacial score (nSPS) is 10.8. The van der Waals surface area contributed by atoms with Gasteiger partial charge in [-0.3, -0.25) is 14.6 Å². The maximum absolute atomic E-state index is 13.4. The molecule has 0 radical (unpaired) electrons. The molecule has 178 valence electrons. The lowest BCUT2D eigenvalue weighted by Crippen LogP contribution is -2.24. The summed E-state index contributed by atoms with van der Waals surface area (Å²) in [7, 11) is 0. The maximum Gasteiger partial charge on any atom is 0.251 e. The molecule has 0 spiro atoms. The van der Waals surface area contributed by atoms with E-state index in [1.807, 2.05) is 38.1 Å². The third kappa shape index (κ3) is 5.97. The number of aryl methyl sites for hydroxylation is 2.